The first-order valence-corrected chi connectivity index (χ1v) is 7.59. The first kappa shape index (κ1) is 17.6. The van der Waals surface area contributed by atoms with Crippen molar-refractivity contribution in [2.24, 2.45) is 5.92 Å². The summed E-state index contributed by atoms with van der Waals surface area (Å²) in [6.45, 7) is 3.09. The molecule has 2 atom stereocenters. The Morgan fingerprint density at radius 2 is 2.17 bits per heavy atom. The molecule has 1 aliphatic rings. The van der Waals surface area contributed by atoms with Crippen LogP contribution < -0.4 is 15.4 Å². The molecule has 1 aromatic rings. The maximum Gasteiger partial charge on any atom is 0.422 e. The molecule has 1 amide bonds. The number of piperidine rings is 1. The molecule has 1 saturated heterocycles. The molecule has 1 heterocycles. The lowest BCUT2D eigenvalue weighted by atomic mass is 9.92. The number of hydrogen-bond acceptors (Lipinski definition) is 3. The minimum absolute atomic E-state index is 0.0922. The molecule has 0 aliphatic carbocycles. The van der Waals surface area contributed by atoms with Crippen LogP contribution in [0.4, 0.5) is 18.9 Å². The van der Waals surface area contributed by atoms with Crippen LogP contribution in [0.25, 0.3) is 0 Å². The summed E-state index contributed by atoms with van der Waals surface area (Å²) in [4.78, 5) is 12.3. The van der Waals surface area contributed by atoms with E-state index in [4.69, 9.17) is 4.74 Å². The Labute approximate surface area is 133 Å². The van der Waals surface area contributed by atoms with Crippen molar-refractivity contribution in [3.63, 3.8) is 0 Å². The third-order valence-corrected chi connectivity index (χ3v) is 3.93. The fourth-order valence-corrected chi connectivity index (χ4v) is 2.67. The highest BCUT2D eigenvalue weighted by Crippen LogP contribution is 2.28. The number of carbonyl (C=O) groups excluding carboxylic acids is 1. The molecule has 1 aliphatic heterocycles. The lowest BCUT2D eigenvalue weighted by Crippen LogP contribution is -2.40. The Kier molecular flexibility index (Phi) is 5.51. The van der Waals surface area contributed by atoms with Crippen LogP contribution in [0.5, 0.6) is 5.75 Å². The molecule has 2 N–H and O–H groups in total. The zero-order valence-corrected chi connectivity index (χ0v) is 13.2. The van der Waals surface area contributed by atoms with Gasteiger partial charge in [-0.3, -0.25) is 4.79 Å². The van der Waals surface area contributed by atoms with Crippen molar-refractivity contribution >= 4 is 11.6 Å². The number of nitrogens with one attached hydrogen (secondary N) is 2. The van der Waals surface area contributed by atoms with Crippen LogP contribution in [-0.4, -0.2) is 31.3 Å². The van der Waals surface area contributed by atoms with E-state index < -0.39 is 12.8 Å². The molecule has 0 saturated carbocycles. The molecule has 0 radical (unpaired) electrons. The van der Waals surface area contributed by atoms with E-state index in [2.05, 4.69) is 10.6 Å². The van der Waals surface area contributed by atoms with E-state index in [9.17, 15) is 18.0 Å². The van der Waals surface area contributed by atoms with Gasteiger partial charge in [-0.15, -0.1) is 0 Å². The third-order valence-electron chi connectivity index (χ3n) is 3.93. The van der Waals surface area contributed by atoms with Gasteiger partial charge in [-0.1, -0.05) is 6.07 Å². The predicted molar refractivity (Wildman–Crippen MR) is 81.5 cm³/mol. The van der Waals surface area contributed by atoms with Gasteiger partial charge in [-0.2, -0.15) is 13.2 Å². The standard InChI is InChI=1S/C16H21F3N2O2/c1-10-8-12(6-7-20-10)15(22)21-13-4-3-5-14(11(13)2)23-9-16(17,18)19/h3-5,10,12,20H,6-9H2,1-2H3,(H,21,22)/t10-,12-/m0/s1. The average Bonchev–Trinajstić information content (AvgIpc) is 2.47. The van der Waals surface area contributed by atoms with Gasteiger partial charge >= 0.3 is 6.18 Å². The second-order valence-corrected chi connectivity index (χ2v) is 5.90. The highest BCUT2D eigenvalue weighted by atomic mass is 19.4. The molecule has 4 nitrogen and oxygen atoms in total. The highest BCUT2D eigenvalue weighted by molar-refractivity contribution is 5.93. The largest absolute Gasteiger partial charge is 0.484 e. The van der Waals surface area contributed by atoms with Crippen molar-refractivity contribution < 1.29 is 22.7 Å². The second-order valence-electron chi connectivity index (χ2n) is 5.90. The Hall–Kier alpha value is -1.76. The molecule has 1 fully saturated rings. The van der Waals surface area contributed by atoms with Crippen molar-refractivity contribution in [2.75, 3.05) is 18.5 Å². The molecule has 0 bridgehead atoms. The normalized spacial score (nSPS) is 21.8. The lowest BCUT2D eigenvalue weighted by Gasteiger charge is -2.27. The summed E-state index contributed by atoms with van der Waals surface area (Å²) in [6.07, 6.45) is -2.90. The number of benzene rings is 1. The Morgan fingerprint density at radius 3 is 2.83 bits per heavy atom. The number of carbonyl (C=O) groups is 1. The quantitative estimate of drug-likeness (QED) is 0.891. The number of anilines is 1. The molecular weight excluding hydrogens is 309 g/mol. The maximum absolute atomic E-state index is 12.3. The van der Waals surface area contributed by atoms with Crippen LogP contribution in [0.3, 0.4) is 0 Å². The zero-order chi connectivity index (χ0) is 17.0. The molecule has 0 unspecified atom stereocenters. The Bertz CT molecular complexity index is 561. The number of ether oxygens (including phenoxy) is 1. The number of amides is 1. The summed E-state index contributed by atoms with van der Waals surface area (Å²) in [5.41, 5.74) is 0.980. The van der Waals surface area contributed by atoms with Gasteiger partial charge in [0.2, 0.25) is 5.91 Å². The fourth-order valence-electron chi connectivity index (χ4n) is 2.67. The van der Waals surface area contributed by atoms with Gasteiger partial charge in [0.05, 0.1) is 0 Å². The molecular formula is C16H21F3N2O2. The van der Waals surface area contributed by atoms with E-state index in [0.29, 0.717) is 11.3 Å². The maximum atomic E-state index is 12.3. The fraction of sp³-hybridized carbons (Fsp3) is 0.562. The number of rotatable bonds is 4. The molecule has 0 spiro atoms. The van der Waals surface area contributed by atoms with Crippen LogP contribution in [0, 0.1) is 12.8 Å². The Balaban J connectivity index is 2.03. The van der Waals surface area contributed by atoms with Gasteiger partial charge in [0.1, 0.15) is 5.75 Å². The van der Waals surface area contributed by atoms with E-state index in [-0.39, 0.29) is 23.6 Å². The monoisotopic (exact) mass is 330 g/mol. The van der Waals surface area contributed by atoms with Gasteiger partial charge in [0.15, 0.2) is 6.61 Å². The van der Waals surface area contributed by atoms with Crippen molar-refractivity contribution in [3.05, 3.63) is 23.8 Å². The summed E-state index contributed by atoms with van der Waals surface area (Å²) in [6, 6.07) is 4.98. The zero-order valence-electron chi connectivity index (χ0n) is 13.2. The second kappa shape index (κ2) is 7.21. The van der Waals surface area contributed by atoms with Crippen molar-refractivity contribution in [1.29, 1.82) is 0 Å². The van der Waals surface area contributed by atoms with Crippen LogP contribution in [0.2, 0.25) is 0 Å². The van der Waals surface area contributed by atoms with Gasteiger partial charge in [-0.25, -0.2) is 0 Å². The van der Waals surface area contributed by atoms with Gasteiger partial charge in [0.25, 0.3) is 0 Å². The first-order valence-electron chi connectivity index (χ1n) is 7.59. The number of halogens is 3. The van der Waals surface area contributed by atoms with Crippen molar-refractivity contribution in [2.45, 2.75) is 38.9 Å². The summed E-state index contributed by atoms with van der Waals surface area (Å²) in [7, 11) is 0. The third kappa shape index (κ3) is 5.13. The van der Waals surface area contributed by atoms with E-state index in [1.807, 2.05) is 6.92 Å². The Morgan fingerprint density at radius 1 is 1.43 bits per heavy atom. The molecule has 7 heteroatoms. The van der Waals surface area contributed by atoms with Crippen LogP contribution >= 0.6 is 0 Å². The summed E-state index contributed by atoms with van der Waals surface area (Å²) >= 11 is 0. The number of hydrogen-bond donors (Lipinski definition) is 2. The molecule has 2 rings (SSSR count). The van der Waals surface area contributed by atoms with Crippen LogP contribution in [0.15, 0.2) is 18.2 Å². The van der Waals surface area contributed by atoms with Gasteiger partial charge in [-0.05, 0) is 45.4 Å². The smallest absolute Gasteiger partial charge is 0.422 e. The molecule has 0 aromatic heterocycles. The highest BCUT2D eigenvalue weighted by Gasteiger charge is 2.29. The van der Waals surface area contributed by atoms with Gasteiger partial charge < -0.3 is 15.4 Å². The first-order chi connectivity index (χ1) is 10.8. The topological polar surface area (TPSA) is 50.4 Å². The lowest BCUT2D eigenvalue weighted by molar-refractivity contribution is -0.153. The van der Waals surface area contributed by atoms with E-state index >= 15 is 0 Å². The number of alkyl halides is 3. The average molecular weight is 330 g/mol. The molecule has 23 heavy (non-hydrogen) atoms. The summed E-state index contributed by atoms with van der Waals surface area (Å²) in [5.74, 6) is -0.0707. The SMILES string of the molecule is Cc1c(NC(=O)[C@H]2CCN[C@@H](C)C2)cccc1OCC(F)(F)F. The predicted octanol–water partition coefficient (Wildman–Crippen LogP) is 3.26. The minimum Gasteiger partial charge on any atom is -0.484 e. The molecule has 1 aromatic carbocycles. The van der Waals surface area contributed by atoms with Gasteiger partial charge in [0, 0.05) is 23.2 Å². The summed E-state index contributed by atoms with van der Waals surface area (Å²) in [5, 5.41) is 6.09. The van der Waals surface area contributed by atoms with E-state index in [0.717, 1.165) is 19.4 Å². The van der Waals surface area contributed by atoms with Crippen LogP contribution in [-0.2, 0) is 4.79 Å². The van der Waals surface area contributed by atoms with Crippen molar-refractivity contribution in [3.8, 4) is 5.75 Å². The minimum atomic E-state index is -4.39. The van der Waals surface area contributed by atoms with Crippen LogP contribution in [0.1, 0.15) is 25.3 Å². The van der Waals surface area contributed by atoms with E-state index in [1.165, 1.54) is 6.07 Å². The van der Waals surface area contributed by atoms with E-state index in [1.54, 1.807) is 19.1 Å². The molecule has 128 valence electrons. The van der Waals surface area contributed by atoms with Crippen molar-refractivity contribution in [1.82, 2.24) is 5.32 Å². The summed E-state index contributed by atoms with van der Waals surface area (Å²) < 4.78 is 41.6.